The largest absolute Gasteiger partial charge is 0.505 e. The highest BCUT2D eigenvalue weighted by atomic mass is 79.9. The Labute approximate surface area is 102 Å². The molecule has 0 saturated carbocycles. The minimum atomic E-state index is -3.76. The number of alkyl halides is 2. The molecule has 1 rings (SSSR count). The molecule has 17 heavy (non-hydrogen) atoms. The molecule has 1 aromatic carbocycles. The van der Waals surface area contributed by atoms with Crippen molar-refractivity contribution in [3.63, 3.8) is 0 Å². The SMILES string of the molecule is N[C@@H](c1cc(Br)c(F)c(F)c1O)C(F)(F)CO. The van der Waals surface area contributed by atoms with Gasteiger partial charge in [-0.1, -0.05) is 0 Å². The summed E-state index contributed by atoms with van der Waals surface area (Å²) < 4.78 is 51.7. The zero-order valence-electron chi connectivity index (χ0n) is 8.22. The molecule has 0 bridgehead atoms. The molecule has 0 aliphatic carbocycles. The number of hydrogen-bond acceptors (Lipinski definition) is 3. The maximum Gasteiger partial charge on any atom is 0.289 e. The second kappa shape index (κ2) is 4.79. The highest BCUT2D eigenvalue weighted by Crippen LogP contribution is 2.38. The van der Waals surface area contributed by atoms with Crippen LogP contribution in [0.2, 0.25) is 0 Å². The van der Waals surface area contributed by atoms with Crippen molar-refractivity contribution in [3.05, 3.63) is 27.7 Å². The van der Waals surface area contributed by atoms with Crippen molar-refractivity contribution in [1.29, 1.82) is 0 Å². The molecule has 8 heteroatoms. The standard InChI is InChI=1S/C9H8BrF4NO2/c10-4-1-3(7(17)6(12)5(4)11)8(15)9(13,14)2-16/h1,8,16-17H,2,15H2/t8-/m0/s1. The number of benzene rings is 1. The molecule has 0 unspecified atom stereocenters. The average Bonchev–Trinajstić information content (AvgIpc) is 2.30. The molecule has 0 aliphatic heterocycles. The van der Waals surface area contributed by atoms with E-state index < -0.39 is 46.0 Å². The molecule has 0 fully saturated rings. The Bertz CT molecular complexity index is 441. The second-order valence-corrected chi connectivity index (χ2v) is 4.18. The average molecular weight is 318 g/mol. The Balaban J connectivity index is 3.33. The second-order valence-electron chi connectivity index (χ2n) is 3.32. The summed E-state index contributed by atoms with van der Waals surface area (Å²) in [6.45, 7) is -1.58. The first-order valence-corrected chi connectivity index (χ1v) is 5.12. The van der Waals surface area contributed by atoms with Gasteiger partial charge < -0.3 is 15.9 Å². The molecule has 4 N–H and O–H groups in total. The highest BCUT2D eigenvalue weighted by molar-refractivity contribution is 9.10. The van der Waals surface area contributed by atoms with Crippen LogP contribution in [0.25, 0.3) is 0 Å². The minimum Gasteiger partial charge on any atom is -0.505 e. The summed E-state index contributed by atoms with van der Waals surface area (Å²) in [5.41, 5.74) is 4.39. The van der Waals surface area contributed by atoms with Crippen LogP contribution in [0.15, 0.2) is 10.5 Å². The number of aliphatic hydroxyl groups excluding tert-OH is 1. The van der Waals surface area contributed by atoms with Gasteiger partial charge >= 0.3 is 0 Å². The first kappa shape index (κ1) is 14.2. The van der Waals surface area contributed by atoms with E-state index in [2.05, 4.69) is 15.9 Å². The fraction of sp³-hybridized carbons (Fsp3) is 0.333. The van der Waals surface area contributed by atoms with E-state index in [4.69, 9.17) is 10.8 Å². The van der Waals surface area contributed by atoms with Gasteiger partial charge in [0.1, 0.15) is 12.6 Å². The number of halogens is 5. The zero-order valence-corrected chi connectivity index (χ0v) is 9.81. The lowest BCUT2D eigenvalue weighted by atomic mass is 10.0. The lowest BCUT2D eigenvalue weighted by Gasteiger charge is -2.22. The van der Waals surface area contributed by atoms with Crippen LogP contribution in [0.5, 0.6) is 5.75 Å². The number of aromatic hydroxyl groups is 1. The van der Waals surface area contributed by atoms with Crippen molar-refractivity contribution in [2.45, 2.75) is 12.0 Å². The number of hydrogen-bond donors (Lipinski definition) is 3. The zero-order chi connectivity index (χ0) is 13.4. The predicted octanol–water partition coefficient (Wildman–Crippen LogP) is 2.06. The molecule has 0 amide bonds. The molecule has 0 saturated heterocycles. The molecule has 1 aromatic rings. The fourth-order valence-electron chi connectivity index (χ4n) is 1.17. The van der Waals surface area contributed by atoms with Crippen LogP contribution in [0.4, 0.5) is 17.6 Å². The van der Waals surface area contributed by atoms with Crippen LogP contribution >= 0.6 is 15.9 Å². The van der Waals surface area contributed by atoms with Crippen molar-refractivity contribution in [2.24, 2.45) is 5.73 Å². The van der Waals surface area contributed by atoms with Gasteiger partial charge in [0.2, 0.25) is 5.82 Å². The third-order valence-electron chi connectivity index (χ3n) is 2.17. The van der Waals surface area contributed by atoms with E-state index >= 15 is 0 Å². The summed E-state index contributed by atoms with van der Waals surface area (Å²) >= 11 is 2.60. The van der Waals surface area contributed by atoms with Gasteiger partial charge in [-0.15, -0.1) is 0 Å². The number of phenolic OH excluding ortho intramolecular Hbond substituents is 1. The summed E-state index contributed by atoms with van der Waals surface area (Å²) in [5.74, 6) is -8.16. The Morgan fingerprint density at radius 3 is 2.35 bits per heavy atom. The van der Waals surface area contributed by atoms with Crippen LogP contribution in [-0.2, 0) is 0 Å². The maximum absolute atomic E-state index is 13.1. The van der Waals surface area contributed by atoms with Crippen LogP contribution in [0, 0.1) is 11.6 Å². The summed E-state index contributed by atoms with van der Waals surface area (Å²) in [7, 11) is 0. The maximum atomic E-state index is 13.1. The van der Waals surface area contributed by atoms with Crippen molar-refractivity contribution >= 4 is 15.9 Å². The monoisotopic (exact) mass is 317 g/mol. The molecular formula is C9H8BrF4NO2. The summed E-state index contributed by atoms with van der Waals surface area (Å²) in [6.07, 6.45) is 0. The Morgan fingerprint density at radius 2 is 1.88 bits per heavy atom. The molecule has 0 spiro atoms. The Morgan fingerprint density at radius 1 is 1.35 bits per heavy atom. The van der Waals surface area contributed by atoms with E-state index in [1.807, 2.05) is 0 Å². The van der Waals surface area contributed by atoms with Crippen molar-refractivity contribution in [1.82, 2.24) is 0 Å². The predicted molar refractivity (Wildman–Crippen MR) is 54.7 cm³/mol. The van der Waals surface area contributed by atoms with E-state index in [9.17, 15) is 22.7 Å². The smallest absolute Gasteiger partial charge is 0.289 e. The molecular weight excluding hydrogens is 310 g/mol. The molecule has 0 heterocycles. The summed E-state index contributed by atoms with van der Waals surface area (Å²) in [5, 5.41) is 17.6. The molecule has 96 valence electrons. The Hall–Kier alpha value is -0.860. The van der Waals surface area contributed by atoms with E-state index in [1.54, 1.807) is 0 Å². The lowest BCUT2D eigenvalue weighted by Crippen LogP contribution is -2.36. The van der Waals surface area contributed by atoms with Gasteiger partial charge in [-0.3, -0.25) is 0 Å². The minimum absolute atomic E-state index is 0.452. The number of nitrogens with two attached hydrogens (primary N) is 1. The van der Waals surface area contributed by atoms with Gasteiger partial charge in [0.05, 0.1) is 4.47 Å². The lowest BCUT2D eigenvalue weighted by molar-refractivity contribution is -0.0717. The van der Waals surface area contributed by atoms with Gasteiger partial charge in [0, 0.05) is 5.56 Å². The van der Waals surface area contributed by atoms with E-state index in [1.165, 1.54) is 0 Å². The van der Waals surface area contributed by atoms with Gasteiger partial charge in [-0.25, -0.2) is 13.2 Å². The highest BCUT2D eigenvalue weighted by Gasteiger charge is 2.39. The molecule has 1 atom stereocenters. The van der Waals surface area contributed by atoms with Crippen LogP contribution < -0.4 is 5.73 Å². The third-order valence-corrected chi connectivity index (χ3v) is 2.74. The summed E-state index contributed by atoms with van der Waals surface area (Å²) in [4.78, 5) is 0. The van der Waals surface area contributed by atoms with Crippen LogP contribution in [0.3, 0.4) is 0 Å². The number of aliphatic hydroxyl groups is 1. The molecule has 3 nitrogen and oxygen atoms in total. The van der Waals surface area contributed by atoms with E-state index in [0.29, 0.717) is 0 Å². The number of phenols is 1. The van der Waals surface area contributed by atoms with Crippen LogP contribution in [0.1, 0.15) is 11.6 Å². The fourth-order valence-corrected chi connectivity index (χ4v) is 1.59. The van der Waals surface area contributed by atoms with Crippen molar-refractivity contribution < 1.29 is 27.8 Å². The number of rotatable bonds is 3. The van der Waals surface area contributed by atoms with Crippen LogP contribution in [-0.4, -0.2) is 22.7 Å². The van der Waals surface area contributed by atoms with E-state index in [0.717, 1.165) is 6.07 Å². The normalized spacial score (nSPS) is 13.8. The molecule has 0 aliphatic rings. The first-order valence-electron chi connectivity index (χ1n) is 4.33. The third kappa shape index (κ3) is 2.53. The van der Waals surface area contributed by atoms with Gasteiger partial charge in [0.25, 0.3) is 5.92 Å². The van der Waals surface area contributed by atoms with Gasteiger partial charge in [-0.05, 0) is 22.0 Å². The van der Waals surface area contributed by atoms with Gasteiger partial charge in [0.15, 0.2) is 11.6 Å². The topological polar surface area (TPSA) is 66.5 Å². The first-order chi connectivity index (χ1) is 7.72. The summed E-state index contributed by atoms with van der Waals surface area (Å²) in [6, 6.07) is -1.42. The molecule has 0 radical (unpaired) electrons. The van der Waals surface area contributed by atoms with E-state index in [-0.39, 0.29) is 0 Å². The quantitative estimate of drug-likeness (QED) is 0.590. The van der Waals surface area contributed by atoms with Gasteiger partial charge in [-0.2, -0.15) is 4.39 Å². The van der Waals surface area contributed by atoms with Crippen molar-refractivity contribution in [2.75, 3.05) is 6.61 Å². The molecule has 0 aromatic heterocycles. The van der Waals surface area contributed by atoms with Crippen molar-refractivity contribution in [3.8, 4) is 5.75 Å². The Kier molecular flexibility index (Phi) is 4.00.